The summed E-state index contributed by atoms with van der Waals surface area (Å²) in [5, 5.41) is 12.1. The number of nitriles is 1. The highest BCUT2D eigenvalue weighted by molar-refractivity contribution is 14.0. The lowest BCUT2D eigenvalue weighted by molar-refractivity contribution is 0.464. The van der Waals surface area contributed by atoms with Gasteiger partial charge in [-0.15, -0.1) is 24.0 Å². The maximum absolute atomic E-state index is 13.7. The van der Waals surface area contributed by atoms with Crippen LogP contribution < -0.4 is 5.32 Å². The number of halogens is 2. The quantitative estimate of drug-likeness (QED) is 0.437. The molecule has 0 radical (unpaired) electrons. The van der Waals surface area contributed by atoms with Crippen LogP contribution in [0.3, 0.4) is 0 Å². The highest BCUT2D eigenvalue weighted by Crippen LogP contribution is 2.11. The van der Waals surface area contributed by atoms with Gasteiger partial charge in [-0.2, -0.15) is 5.26 Å². The van der Waals surface area contributed by atoms with E-state index in [0.717, 1.165) is 31.9 Å². The molecular formula is C16H24FIN4. The number of nitrogens with one attached hydrogen (secondary N) is 1. The van der Waals surface area contributed by atoms with Crippen LogP contribution >= 0.6 is 24.0 Å². The van der Waals surface area contributed by atoms with E-state index < -0.39 is 0 Å². The fraction of sp³-hybridized carbons (Fsp3) is 0.500. The van der Waals surface area contributed by atoms with Crippen molar-refractivity contribution in [1.82, 2.24) is 10.2 Å². The van der Waals surface area contributed by atoms with Crippen LogP contribution in [0.4, 0.5) is 4.39 Å². The number of benzene rings is 1. The van der Waals surface area contributed by atoms with Crippen molar-refractivity contribution < 1.29 is 4.39 Å². The van der Waals surface area contributed by atoms with Crippen LogP contribution in [0.15, 0.2) is 23.2 Å². The molecule has 0 atom stereocenters. The van der Waals surface area contributed by atoms with E-state index in [4.69, 9.17) is 5.26 Å². The molecule has 22 heavy (non-hydrogen) atoms. The summed E-state index contributed by atoms with van der Waals surface area (Å²) in [5.74, 6) is 0.428. The van der Waals surface area contributed by atoms with Gasteiger partial charge in [0.25, 0.3) is 0 Å². The Hall–Kier alpha value is -1.36. The number of hydrogen-bond donors (Lipinski definition) is 1. The smallest absolute Gasteiger partial charge is 0.193 e. The lowest BCUT2D eigenvalue weighted by atomic mass is 10.1. The van der Waals surface area contributed by atoms with Crippen molar-refractivity contribution in [1.29, 1.82) is 5.26 Å². The number of guanidine groups is 1. The fourth-order valence-electron chi connectivity index (χ4n) is 1.90. The molecule has 122 valence electrons. The average Bonchev–Trinajstić information content (AvgIpc) is 2.50. The second-order valence-electron chi connectivity index (χ2n) is 4.86. The van der Waals surface area contributed by atoms with Crippen molar-refractivity contribution in [3.8, 4) is 6.07 Å². The molecule has 1 N–H and O–H groups in total. The monoisotopic (exact) mass is 418 g/mol. The minimum absolute atomic E-state index is 0. The van der Waals surface area contributed by atoms with Gasteiger partial charge >= 0.3 is 0 Å². The first-order valence-corrected chi connectivity index (χ1v) is 7.30. The minimum Gasteiger partial charge on any atom is -0.357 e. The third-order valence-electron chi connectivity index (χ3n) is 3.12. The zero-order valence-electron chi connectivity index (χ0n) is 13.4. The Balaban J connectivity index is 0.00000441. The van der Waals surface area contributed by atoms with Gasteiger partial charge in [-0.3, -0.25) is 0 Å². The van der Waals surface area contributed by atoms with Gasteiger partial charge in [-0.1, -0.05) is 13.3 Å². The SMILES string of the molecule is CCCCN(C)C(=NCc1cc(C#N)ccc1F)NCC.I. The Bertz CT molecular complexity index is 525. The molecule has 0 fully saturated rings. The molecule has 0 spiro atoms. The number of aliphatic imine (C=N–C) groups is 1. The van der Waals surface area contributed by atoms with Gasteiger partial charge in [-0.25, -0.2) is 9.38 Å². The molecule has 1 rings (SSSR count). The average molecular weight is 418 g/mol. The summed E-state index contributed by atoms with van der Waals surface area (Å²) in [7, 11) is 1.97. The molecule has 0 saturated carbocycles. The number of nitrogens with zero attached hydrogens (tertiary/aromatic N) is 3. The van der Waals surface area contributed by atoms with Crippen molar-refractivity contribution in [3.63, 3.8) is 0 Å². The van der Waals surface area contributed by atoms with Crippen LogP contribution in [0.5, 0.6) is 0 Å². The highest BCUT2D eigenvalue weighted by atomic mass is 127. The predicted octanol–water partition coefficient (Wildman–Crippen LogP) is 3.51. The molecule has 0 saturated heterocycles. The molecule has 0 amide bonds. The third-order valence-corrected chi connectivity index (χ3v) is 3.12. The minimum atomic E-state index is -0.329. The van der Waals surface area contributed by atoms with E-state index in [2.05, 4.69) is 17.2 Å². The molecule has 0 bridgehead atoms. The zero-order valence-corrected chi connectivity index (χ0v) is 15.7. The van der Waals surface area contributed by atoms with Gasteiger partial charge in [0, 0.05) is 25.7 Å². The lowest BCUT2D eigenvalue weighted by Crippen LogP contribution is -2.39. The predicted molar refractivity (Wildman–Crippen MR) is 98.9 cm³/mol. The van der Waals surface area contributed by atoms with Crippen molar-refractivity contribution in [2.75, 3.05) is 20.1 Å². The van der Waals surface area contributed by atoms with Crippen molar-refractivity contribution >= 4 is 29.9 Å². The summed E-state index contributed by atoms with van der Waals surface area (Å²) in [6.45, 7) is 6.03. The van der Waals surface area contributed by atoms with Gasteiger partial charge in [0.2, 0.25) is 0 Å². The van der Waals surface area contributed by atoms with E-state index in [9.17, 15) is 4.39 Å². The van der Waals surface area contributed by atoms with E-state index in [1.165, 1.54) is 12.1 Å². The summed E-state index contributed by atoms with van der Waals surface area (Å²) in [4.78, 5) is 6.50. The third kappa shape index (κ3) is 6.60. The first-order valence-electron chi connectivity index (χ1n) is 7.30. The fourth-order valence-corrected chi connectivity index (χ4v) is 1.90. The summed E-state index contributed by atoms with van der Waals surface area (Å²) < 4.78 is 13.7. The second-order valence-corrected chi connectivity index (χ2v) is 4.86. The van der Waals surface area contributed by atoms with Gasteiger partial charge in [-0.05, 0) is 31.5 Å². The largest absolute Gasteiger partial charge is 0.357 e. The van der Waals surface area contributed by atoms with E-state index >= 15 is 0 Å². The first kappa shape index (κ1) is 20.6. The van der Waals surface area contributed by atoms with E-state index in [0.29, 0.717) is 11.1 Å². The summed E-state index contributed by atoms with van der Waals surface area (Å²) >= 11 is 0. The van der Waals surface area contributed by atoms with Crippen molar-refractivity contribution in [3.05, 3.63) is 35.1 Å². The zero-order chi connectivity index (χ0) is 15.7. The van der Waals surface area contributed by atoms with Gasteiger partial charge < -0.3 is 10.2 Å². The van der Waals surface area contributed by atoms with Crippen molar-refractivity contribution in [2.24, 2.45) is 4.99 Å². The van der Waals surface area contributed by atoms with Crippen LogP contribution in [0.1, 0.15) is 37.8 Å². The number of unbranched alkanes of at least 4 members (excludes halogenated alkanes) is 1. The molecule has 1 aromatic carbocycles. The molecule has 0 heterocycles. The molecule has 1 aromatic rings. The molecular weight excluding hydrogens is 394 g/mol. The van der Waals surface area contributed by atoms with Crippen LogP contribution in [0.25, 0.3) is 0 Å². The molecule has 6 heteroatoms. The van der Waals surface area contributed by atoms with Gasteiger partial charge in [0.05, 0.1) is 18.2 Å². The summed E-state index contributed by atoms with van der Waals surface area (Å²) in [6, 6.07) is 6.36. The van der Waals surface area contributed by atoms with Gasteiger partial charge in [0.15, 0.2) is 5.96 Å². The standard InChI is InChI=1S/C16H23FN4.HI/c1-4-6-9-21(3)16(19-5-2)20-12-14-10-13(11-18)7-8-15(14)17;/h7-8,10H,4-6,9,12H2,1-3H3,(H,19,20);1H. The molecule has 0 aromatic heterocycles. The van der Waals surface area contributed by atoms with Crippen molar-refractivity contribution in [2.45, 2.75) is 33.2 Å². The van der Waals surface area contributed by atoms with Crippen LogP contribution in [-0.4, -0.2) is 31.0 Å². The maximum atomic E-state index is 13.7. The van der Waals surface area contributed by atoms with Crippen LogP contribution in [0.2, 0.25) is 0 Å². The number of rotatable bonds is 6. The first-order chi connectivity index (χ1) is 10.1. The molecule has 0 aliphatic carbocycles. The van der Waals surface area contributed by atoms with Gasteiger partial charge in [0.1, 0.15) is 5.82 Å². The Morgan fingerprint density at radius 3 is 2.73 bits per heavy atom. The lowest BCUT2D eigenvalue weighted by Gasteiger charge is -2.21. The summed E-state index contributed by atoms with van der Waals surface area (Å²) in [5.41, 5.74) is 0.888. The van der Waals surface area contributed by atoms with Crippen LogP contribution in [0, 0.1) is 17.1 Å². The molecule has 4 nitrogen and oxygen atoms in total. The van der Waals surface area contributed by atoms with E-state index in [-0.39, 0.29) is 36.3 Å². The topological polar surface area (TPSA) is 51.4 Å². The Morgan fingerprint density at radius 2 is 2.14 bits per heavy atom. The van der Waals surface area contributed by atoms with E-state index in [1.54, 1.807) is 6.07 Å². The Labute approximate surface area is 149 Å². The number of hydrogen-bond acceptors (Lipinski definition) is 2. The Morgan fingerprint density at radius 1 is 1.41 bits per heavy atom. The highest BCUT2D eigenvalue weighted by Gasteiger charge is 2.07. The maximum Gasteiger partial charge on any atom is 0.193 e. The molecule has 0 aliphatic rings. The molecule has 0 aliphatic heterocycles. The van der Waals surface area contributed by atoms with E-state index in [1.807, 2.05) is 24.9 Å². The normalized spacial score (nSPS) is 10.6. The van der Waals surface area contributed by atoms with Crippen LogP contribution in [-0.2, 0) is 6.54 Å². The second kappa shape index (κ2) is 11.2. The summed E-state index contributed by atoms with van der Waals surface area (Å²) in [6.07, 6.45) is 2.20. The molecule has 0 unspecified atom stereocenters. The Kier molecular flexibility index (Phi) is 10.5.